The molecule has 0 aliphatic rings. The number of aryl methyl sites for hydroxylation is 2. The molecule has 3 heteroatoms. The first-order valence-corrected chi connectivity index (χ1v) is 7.01. The largest absolute Gasteiger partial charge is 0.327 e. The van der Waals surface area contributed by atoms with Gasteiger partial charge in [-0.1, -0.05) is 34.6 Å². The Morgan fingerprint density at radius 2 is 2.00 bits per heavy atom. The molecule has 0 saturated carbocycles. The quantitative estimate of drug-likeness (QED) is 0.874. The van der Waals surface area contributed by atoms with Gasteiger partial charge in [0.05, 0.1) is 5.69 Å². The summed E-state index contributed by atoms with van der Waals surface area (Å²) in [5.74, 6) is 0.631. The van der Waals surface area contributed by atoms with Crippen molar-refractivity contribution < 1.29 is 0 Å². The summed E-state index contributed by atoms with van der Waals surface area (Å²) in [4.78, 5) is 0. The summed E-state index contributed by atoms with van der Waals surface area (Å²) in [5.41, 5.74) is 9.02. The van der Waals surface area contributed by atoms with Crippen LogP contribution in [0.5, 0.6) is 0 Å². The van der Waals surface area contributed by atoms with E-state index in [1.807, 2.05) is 11.7 Å². The van der Waals surface area contributed by atoms with Gasteiger partial charge < -0.3 is 5.73 Å². The average Bonchev–Trinajstić information content (AvgIpc) is 2.58. The van der Waals surface area contributed by atoms with Crippen molar-refractivity contribution in [3.05, 3.63) is 17.5 Å². The smallest absolute Gasteiger partial charge is 0.0624 e. The molecule has 0 amide bonds. The Labute approximate surface area is 112 Å². The average molecular weight is 251 g/mol. The van der Waals surface area contributed by atoms with Crippen molar-refractivity contribution in [1.29, 1.82) is 0 Å². The maximum atomic E-state index is 6.28. The minimum absolute atomic E-state index is 0.222. The van der Waals surface area contributed by atoms with Crippen LogP contribution in [0, 0.1) is 11.3 Å². The number of nitrogens with two attached hydrogens (primary N) is 1. The minimum Gasteiger partial charge on any atom is -0.327 e. The lowest BCUT2D eigenvalue weighted by Gasteiger charge is -2.29. The Hall–Kier alpha value is -0.830. The lowest BCUT2D eigenvalue weighted by atomic mass is 9.78. The van der Waals surface area contributed by atoms with Crippen LogP contribution in [0.2, 0.25) is 0 Å². The fraction of sp³-hybridized carbons (Fsp3) is 0.800. The Bertz CT molecular complexity index is 374. The summed E-state index contributed by atoms with van der Waals surface area (Å²) in [6, 6.07) is 2.40. The van der Waals surface area contributed by atoms with E-state index in [0.717, 1.165) is 25.0 Å². The molecule has 0 aliphatic carbocycles. The Kier molecular flexibility index (Phi) is 4.97. The van der Waals surface area contributed by atoms with E-state index < -0.39 is 0 Å². The molecule has 0 radical (unpaired) electrons. The van der Waals surface area contributed by atoms with Crippen LogP contribution in [0.15, 0.2) is 6.07 Å². The molecule has 0 saturated heterocycles. The lowest BCUT2D eigenvalue weighted by molar-refractivity contribution is 0.232. The first-order chi connectivity index (χ1) is 8.24. The summed E-state index contributed by atoms with van der Waals surface area (Å²) in [6.07, 6.45) is 2.97. The van der Waals surface area contributed by atoms with E-state index in [0.29, 0.717) is 11.3 Å². The first kappa shape index (κ1) is 15.2. The van der Waals surface area contributed by atoms with Crippen molar-refractivity contribution in [2.75, 3.05) is 0 Å². The number of rotatable bonds is 5. The van der Waals surface area contributed by atoms with Gasteiger partial charge in [-0.05, 0) is 30.2 Å². The Morgan fingerprint density at radius 3 is 2.44 bits per heavy atom. The number of nitrogens with zero attached hydrogens (tertiary/aromatic N) is 2. The molecule has 1 heterocycles. The Morgan fingerprint density at radius 1 is 1.39 bits per heavy atom. The van der Waals surface area contributed by atoms with E-state index >= 15 is 0 Å². The van der Waals surface area contributed by atoms with Gasteiger partial charge in [0.2, 0.25) is 0 Å². The predicted octanol–water partition coefficient (Wildman–Crippen LogP) is 2.92. The van der Waals surface area contributed by atoms with Crippen LogP contribution in [0.3, 0.4) is 0 Å². The van der Waals surface area contributed by atoms with Gasteiger partial charge in [-0.15, -0.1) is 0 Å². The van der Waals surface area contributed by atoms with Crippen molar-refractivity contribution >= 4 is 0 Å². The van der Waals surface area contributed by atoms with Gasteiger partial charge in [0.1, 0.15) is 0 Å². The van der Waals surface area contributed by atoms with Crippen LogP contribution in [0.25, 0.3) is 0 Å². The minimum atomic E-state index is 0.222. The fourth-order valence-corrected chi connectivity index (χ4v) is 2.09. The lowest BCUT2D eigenvalue weighted by Crippen LogP contribution is -2.30. The molecule has 0 fully saturated rings. The van der Waals surface area contributed by atoms with E-state index in [4.69, 9.17) is 5.73 Å². The van der Waals surface area contributed by atoms with Crippen LogP contribution < -0.4 is 5.73 Å². The molecule has 1 aromatic rings. The third-order valence-electron chi connectivity index (χ3n) is 4.00. The molecule has 2 atom stereocenters. The first-order valence-electron chi connectivity index (χ1n) is 7.01. The summed E-state index contributed by atoms with van der Waals surface area (Å²) < 4.78 is 1.97. The molecule has 1 aromatic heterocycles. The second kappa shape index (κ2) is 5.87. The van der Waals surface area contributed by atoms with E-state index in [1.165, 1.54) is 5.69 Å². The summed E-state index contributed by atoms with van der Waals surface area (Å²) in [7, 11) is 2.01. The normalized spacial score (nSPS) is 15.7. The molecule has 0 aromatic carbocycles. The van der Waals surface area contributed by atoms with Gasteiger partial charge >= 0.3 is 0 Å². The van der Waals surface area contributed by atoms with E-state index in [9.17, 15) is 0 Å². The van der Waals surface area contributed by atoms with Crippen molar-refractivity contribution in [3.63, 3.8) is 0 Å². The molecule has 3 nitrogen and oxygen atoms in total. The molecule has 18 heavy (non-hydrogen) atoms. The van der Waals surface area contributed by atoms with Crippen molar-refractivity contribution in [2.24, 2.45) is 24.1 Å². The maximum absolute atomic E-state index is 6.28. The maximum Gasteiger partial charge on any atom is 0.0624 e. The van der Waals surface area contributed by atoms with Gasteiger partial charge in [-0.3, -0.25) is 4.68 Å². The molecular formula is C15H29N3. The summed E-state index contributed by atoms with van der Waals surface area (Å²) >= 11 is 0. The highest BCUT2D eigenvalue weighted by molar-refractivity contribution is 5.11. The third-order valence-corrected chi connectivity index (χ3v) is 4.00. The van der Waals surface area contributed by atoms with Crippen molar-refractivity contribution in [3.8, 4) is 0 Å². The third kappa shape index (κ3) is 4.13. The van der Waals surface area contributed by atoms with Crippen LogP contribution in [0.4, 0.5) is 0 Å². The summed E-state index contributed by atoms with van der Waals surface area (Å²) in [5, 5.41) is 4.47. The molecule has 104 valence electrons. The zero-order valence-electron chi connectivity index (χ0n) is 12.8. The van der Waals surface area contributed by atoms with Gasteiger partial charge in [-0.2, -0.15) is 5.10 Å². The molecule has 2 unspecified atom stereocenters. The monoisotopic (exact) mass is 251 g/mol. The molecule has 0 bridgehead atoms. The predicted molar refractivity (Wildman–Crippen MR) is 77.5 cm³/mol. The fourth-order valence-electron chi connectivity index (χ4n) is 2.09. The van der Waals surface area contributed by atoms with Crippen LogP contribution >= 0.6 is 0 Å². The van der Waals surface area contributed by atoms with Gasteiger partial charge in [-0.25, -0.2) is 0 Å². The van der Waals surface area contributed by atoms with E-state index in [2.05, 4.69) is 45.8 Å². The van der Waals surface area contributed by atoms with Crippen LogP contribution in [-0.2, 0) is 19.9 Å². The zero-order chi connectivity index (χ0) is 13.9. The topological polar surface area (TPSA) is 43.8 Å². The standard InChI is InChI=1S/C15H29N3/c1-7-13-10-14(18(6)17-13)9-12(16)8-11(2)15(3,4)5/h10-12H,7-9,16H2,1-6H3. The molecule has 0 aliphatic heterocycles. The van der Waals surface area contributed by atoms with Gasteiger partial charge in [0.25, 0.3) is 0 Å². The second-order valence-electron chi connectivity index (χ2n) is 6.57. The van der Waals surface area contributed by atoms with E-state index in [-0.39, 0.29) is 6.04 Å². The highest BCUT2D eigenvalue weighted by Crippen LogP contribution is 2.29. The van der Waals surface area contributed by atoms with Crippen molar-refractivity contribution in [2.45, 2.75) is 59.9 Å². The number of hydrogen-bond donors (Lipinski definition) is 1. The Balaban J connectivity index is 2.59. The number of hydrogen-bond acceptors (Lipinski definition) is 2. The molecule has 1 rings (SSSR count). The highest BCUT2D eigenvalue weighted by atomic mass is 15.3. The number of aromatic nitrogens is 2. The van der Waals surface area contributed by atoms with E-state index in [1.54, 1.807) is 0 Å². The van der Waals surface area contributed by atoms with Crippen LogP contribution in [-0.4, -0.2) is 15.8 Å². The molecular weight excluding hydrogens is 222 g/mol. The molecule has 0 spiro atoms. The SMILES string of the molecule is CCc1cc(CC(N)CC(C)C(C)(C)C)n(C)n1. The molecule has 2 N–H and O–H groups in total. The highest BCUT2D eigenvalue weighted by Gasteiger charge is 2.22. The van der Waals surface area contributed by atoms with Gasteiger partial charge in [0.15, 0.2) is 0 Å². The van der Waals surface area contributed by atoms with Crippen LogP contribution in [0.1, 0.15) is 52.4 Å². The van der Waals surface area contributed by atoms with Gasteiger partial charge in [0, 0.05) is 25.2 Å². The zero-order valence-corrected chi connectivity index (χ0v) is 12.8. The second-order valence-corrected chi connectivity index (χ2v) is 6.57. The summed E-state index contributed by atoms with van der Waals surface area (Å²) in [6.45, 7) is 11.3. The van der Waals surface area contributed by atoms with Crippen molar-refractivity contribution in [1.82, 2.24) is 9.78 Å².